The van der Waals surface area contributed by atoms with E-state index in [-0.39, 0.29) is 17.4 Å². The highest BCUT2D eigenvalue weighted by Crippen LogP contribution is 2.50. The third-order valence-electron chi connectivity index (χ3n) is 4.44. The first-order chi connectivity index (χ1) is 9.33. The van der Waals surface area contributed by atoms with Crippen molar-refractivity contribution in [3.05, 3.63) is 16.6 Å². The van der Waals surface area contributed by atoms with Gasteiger partial charge in [0.05, 0.1) is 23.9 Å². The van der Waals surface area contributed by atoms with Gasteiger partial charge in [0.15, 0.2) is 0 Å². The first-order valence-electron chi connectivity index (χ1n) is 6.86. The van der Waals surface area contributed by atoms with Crippen molar-refractivity contribution in [2.75, 3.05) is 13.7 Å². The summed E-state index contributed by atoms with van der Waals surface area (Å²) in [6, 6.07) is 0. The number of thiazole rings is 1. The molecule has 0 spiro atoms. The van der Waals surface area contributed by atoms with E-state index in [4.69, 9.17) is 10.5 Å². The highest BCUT2D eigenvalue weighted by Gasteiger charge is 2.63. The second kappa shape index (κ2) is 5.42. The highest BCUT2D eigenvalue weighted by molar-refractivity contribution is 7.07. The van der Waals surface area contributed by atoms with Crippen LogP contribution in [0.15, 0.2) is 10.9 Å². The standard InChI is InChI=1S/C14H23N3O2S/c1-5-19-11-6-14(15,13(11,2)3)12(18)17(4)7-10-8-20-9-16-10/h8-9,11H,5-7,15H2,1-4H3. The number of carbonyl (C=O) groups excluding carboxylic acids is 1. The minimum Gasteiger partial charge on any atom is -0.378 e. The Kier molecular flexibility index (Phi) is 4.18. The normalized spacial score (nSPS) is 27.9. The second-order valence-electron chi connectivity index (χ2n) is 5.98. The maximum Gasteiger partial charge on any atom is 0.243 e. The van der Waals surface area contributed by atoms with Crippen molar-refractivity contribution < 1.29 is 9.53 Å². The minimum absolute atomic E-state index is 0.0357. The van der Waals surface area contributed by atoms with E-state index in [0.717, 1.165) is 5.69 Å². The van der Waals surface area contributed by atoms with Crippen LogP contribution in [0.4, 0.5) is 0 Å². The molecule has 5 nitrogen and oxygen atoms in total. The molecule has 0 aliphatic heterocycles. The number of hydrogen-bond acceptors (Lipinski definition) is 5. The number of amides is 1. The van der Waals surface area contributed by atoms with Gasteiger partial charge in [-0.1, -0.05) is 13.8 Å². The molecule has 1 aliphatic rings. The van der Waals surface area contributed by atoms with E-state index in [1.165, 1.54) is 11.3 Å². The van der Waals surface area contributed by atoms with Crippen LogP contribution in [0.5, 0.6) is 0 Å². The number of ether oxygens (including phenoxy) is 1. The largest absolute Gasteiger partial charge is 0.378 e. The summed E-state index contributed by atoms with van der Waals surface area (Å²) in [4.78, 5) is 18.5. The molecule has 2 N–H and O–H groups in total. The van der Waals surface area contributed by atoms with Gasteiger partial charge in [0, 0.05) is 30.9 Å². The van der Waals surface area contributed by atoms with Crippen molar-refractivity contribution in [1.82, 2.24) is 9.88 Å². The smallest absolute Gasteiger partial charge is 0.243 e. The predicted octanol–water partition coefficient (Wildman–Crippen LogP) is 1.63. The van der Waals surface area contributed by atoms with Crippen molar-refractivity contribution in [1.29, 1.82) is 0 Å². The Morgan fingerprint density at radius 3 is 2.85 bits per heavy atom. The van der Waals surface area contributed by atoms with Crippen LogP contribution in [-0.2, 0) is 16.1 Å². The Bertz CT molecular complexity index is 475. The van der Waals surface area contributed by atoms with E-state index in [1.807, 2.05) is 26.2 Å². The first-order valence-corrected chi connectivity index (χ1v) is 7.80. The zero-order chi connectivity index (χ0) is 15.0. The number of rotatable bonds is 5. The molecular formula is C14H23N3O2S. The van der Waals surface area contributed by atoms with E-state index in [9.17, 15) is 4.79 Å². The Balaban J connectivity index is 2.05. The summed E-state index contributed by atoms with van der Waals surface area (Å²) in [5, 5.41) is 1.95. The third kappa shape index (κ3) is 2.36. The number of nitrogens with two attached hydrogens (primary N) is 1. The van der Waals surface area contributed by atoms with Crippen LogP contribution in [0.2, 0.25) is 0 Å². The van der Waals surface area contributed by atoms with Crippen LogP contribution in [0.25, 0.3) is 0 Å². The lowest BCUT2D eigenvalue weighted by atomic mass is 9.54. The summed E-state index contributed by atoms with van der Waals surface area (Å²) in [6.07, 6.45) is 0.628. The van der Waals surface area contributed by atoms with Crippen LogP contribution in [0.3, 0.4) is 0 Å². The lowest BCUT2D eigenvalue weighted by molar-refractivity contribution is -0.178. The van der Waals surface area contributed by atoms with Crippen LogP contribution < -0.4 is 5.73 Å². The molecule has 0 radical (unpaired) electrons. The van der Waals surface area contributed by atoms with Crippen molar-refractivity contribution in [3.8, 4) is 0 Å². The van der Waals surface area contributed by atoms with Crippen LogP contribution in [0.1, 0.15) is 32.9 Å². The second-order valence-corrected chi connectivity index (χ2v) is 6.70. The fourth-order valence-electron chi connectivity index (χ4n) is 2.77. The molecular weight excluding hydrogens is 274 g/mol. The SMILES string of the molecule is CCOC1CC(N)(C(=O)N(C)Cc2cscn2)C1(C)C. The Hall–Kier alpha value is -0.980. The minimum atomic E-state index is -0.850. The Morgan fingerprint density at radius 2 is 2.35 bits per heavy atom. The maximum absolute atomic E-state index is 12.7. The topological polar surface area (TPSA) is 68.5 Å². The summed E-state index contributed by atoms with van der Waals surface area (Å²) in [6.45, 7) is 7.11. The van der Waals surface area contributed by atoms with Crippen molar-refractivity contribution in [3.63, 3.8) is 0 Å². The van der Waals surface area contributed by atoms with E-state index in [2.05, 4.69) is 4.98 Å². The quantitative estimate of drug-likeness (QED) is 0.897. The van der Waals surface area contributed by atoms with E-state index >= 15 is 0 Å². The van der Waals surface area contributed by atoms with E-state index in [1.54, 1.807) is 17.5 Å². The molecule has 1 fully saturated rings. The van der Waals surface area contributed by atoms with Gasteiger partial charge in [0.2, 0.25) is 5.91 Å². The summed E-state index contributed by atoms with van der Waals surface area (Å²) >= 11 is 1.53. The van der Waals surface area contributed by atoms with Gasteiger partial charge in [-0.05, 0) is 6.92 Å². The zero-order valence-corrected chi connectivity index (χ0v) is 13.4. The van der Waals surface area contributed by atoms with Crippen molar-refractivity contribution in [2.24, 2.45) is 11.1 Å². The average Bonchev–Trinajstić information content (AvgIpc) is 2.90. The molecule has 0 bridgehead atoms. The van der Waals surface area contributed by atoms with Gasteiger partial charge in [0.1, 0.15) is 5.54 Å². The Morgan fingerprint density at radius 1 is 1.65 bits per heavy atom. The summed E-state index contributed by atoms with van der Waals surface area (Å²) < 4.78 is 5.66. The molecule has 1 saturated carbocycles. The summed E-state index contributed by atoms with van der Waals surface area (Å²) in [7, 11) is 1.78. The molecule has 0 aromatic carbocycles. The summed E-state index contributed by atoms with van der Waals surface area (Å²) in [5.74, 6) is -0.0357. The lowest BCUT2D eigenvalue weighted by Crippen LogP contribution is -2.75. The molecule has 0 saturated heterocycles. The van der Waals surface area contributed by atoms with Gasteiger partial charge in [-0.15, -0.1) is 11.3 Å². The molecule has 112 valence electrons. The fraction of sp³-hybridized carbons (Fsp3) is 0.714. The molecule has 1 heterocycles. The maximum atomic E-state index is 12.7. The van der Waals surface area contributed by atoms with Crippen LogP contribution in [0, 0.1) is 5.41 Å². The van der Waals surface area contributed by atoms with Gasteiger partial charge in [-0.25, -0.2) is 4.98 Å². The molecule has 2 atom stereocenters. The Labute approximate surface area is 124 Å². The van der Waals surface area contributed by atoms with Crippen LogP contribution >= 0.6 is 11.3 Å². The number of likely N-dealkylation sites (N-methyl/N-ethyl adjacent to an activating group) is 1. The molecule has 1 aromatic heterocycles. The number of nitrogens with zero attached hydrogens (tertiary/aromatic N) is 2. The number of aromatic nitrogens is 1. The van der Waals surface area contributed by atoms with Crippen LogP contribution in [-0.4, -0.2) is 41.1 Å². The van der Waals surface area contributed by atoms with Crippen molar-refractivity contribution in [2.45, 2.75) is 45.4 Å². The van der Waals surface area contributed by atoms with Crippen molar-refractivity contribution >= 4 is 17.2 Å². The third-order valence-corrected chi connectivity index (χ3v) is 5.08. The monoisotopic (exact) mass is 297 g/mol. The van der Waals surface area contributed by atoms with Gasteiger partial charge in [-0.3, -0.25) is 4.79 Å². The predicted molar refractivity (Wildman–Crippen MR) is 79.3 cm³/mol. The van der Waals surface area contributed by atoms with E-state index < -0.39 is 5.54 Å². The zero-order valence-electron chi connectivity index (χ0n) is 12.5. The highest BCUT2D eigenvalue weighted by atomic mass is 32.1. The molecule has 1 aromatic rings. The summed E-state index contributed by atoms with van der Waals surface area (Å²) in [5.41, 5.74) is 7.85. The van der Waals surface area contributed by atoms with E-state index in [0.29, 0.717) is 19.6 Å². The molecule has 6 heteroatoms. The van der Waals surface area contributed by atoms with Gasteiger partial charge in [-0.2, -0.15) is 0 Å². The first kappa shape index (κ1) is 15.4. The molecule has 2 unspecified atom stereocenters. The molecule has 1 amide bonds. The lowest BCUT2D eigenvalue weighted by Gasteiger charge is -2.58. The van der Waals surface area contributed by atoms with Gasteiger partial charge < -0.3 is 15.4 Å². The molecule has 1 aliphatic carbocycles. The van der Waals surface area contributed by atoms with Gasteiger partial charge in [0.25, 0.3) is 0 Å². The molecule has 20 heavy (non-hydrogen) atoms. The molecule has 2 rings (SSSR count). The number of carbonyl (C=O) groups is 1. The van der Waals surface area contributed by atoms with Gasteiger partial charge >= 0.3 is 0 Å². The fourth-order valence-corrected chi connectivity index (χ4v) is 3.32. The number of hydrogen-bond donors (Lipinski definition) is 1. The average molecular weight is 297 g/mol.